The second-order valence-corrected chi connectivity index (χ2v) is 4.39. The fourth-order valence-corrected chi connectivity index (χ4v) is 1.87. The lowest BCUT2D eigenvalue weighted by atomic mass is 10.2. The molecule has 0 heterocycles. The molecule has 0 spiro atoms. The maximum Gasteiger partial charge on any atom is 0.173 e. The molecule has 0 atom stereocenters. The van der Waals surface area contributed by atoms with Crippen molar-refractivity contribution >= 4 is 17.4 Å². The predicted molar refractivity (Wildman–Crippen MR) is 74.7 cm³/mol. The highest BCUT2D eigenvalue weighted by molar-refractivity contribution is 6.30. The zero-order valence-electron chi connectivity index (χ0n) is 10.4. The summed E-state index contributed by atoms with van der Waals surface area (Å²) in [7, 11) is 0. The summed E-state index contributed by atoms with van der Waals surface area (Å²) in [6.45, 7) is -0.0118. The van der Waals surface area contributed by atoms with E-state index in [4.69, 9.17) is 27.3 Å². The number of ether oxygens (including phenoxy) is 1. The van der Waals surface area contributed by atoms with Gasteiger partial charge in [-0.2, -0.15) is 0 Å². The summed E-state index contributed by atoms with van der Waals surface area (Å²) in [5.41, 5.74) is 6.30. The quantitative estimate of drug-likeness (QED) is 0.394. The van der Waals surface area contributed by atoms with Crippen LogP contribution in [-0.2, 0) is 6.61 Å². The van der Waals surface area contributed by atoms with Crippen molar-refractivity contribution in [3.8, 4) is 5.75 Å². The van der Waals surface area contributed by atoms with Gasteiger partial charge in [-0.15, -0.1) is 0 Å². The third kappa shape index (κ3) is 3.00. The first-order chi connectivity index (χ1) is 9.63. The molecule has 6 heteroatoms. The van der Waals surface area contributed by atoms with Gasteiger partial charge in [0.25, 0.3) is 0 Å². The minimum atomic E-state index is -0.518. The van der Waals surface area contributed by atoms with Crippen molar-refractivity contribution < 1.29 is 14.3 Å². The van der Waals surface area contributed by atoms with Crippen LogP contribution in [0.1, 0.15) is 11.1 Å². The highest BCUT2D eigenvalue weighted by Gasteiger charge is 2.10. The molecule has 4 nitrogen and oxygen atoms in total. The van der Waals surface area contributed by atoms with Gasteiger partial charge in [-0.1, -0.05) is 41.0 Å². The summed E-state index contributed by atoms with van der Waals surface area (Å²) < 4.78 is 19.2. The topological polar surface area (TPSA) is 67.8 Å². The van der Waals surface area contributed by atoms with Crippen LogP contribution in [0.15, 0.2) is 47.6 Å². The van der Waals surface area contributed by atoms with E-state index in [9.17, 15) is 4.39 Å². The second-order valence-electron chi connectivity index (χ2n) is 3.98. The van der Waals surface area contributed by atoms with Gasteiger partial charge < -0.3 is 15.7 Å². The molecule has 0 aromatic heterocycles. The summed E-state index contributed by atoms with van der Waals surface area (Å²) in [6, 6.07) is 11.4. The number of benzene rings is 2. The zero-order valence-corrected chi connectivity index (χ0v) is 11.1. The Labute approximate surface area is 120 Å². The van der Waals surface area contributed by atoms with E-state index in [1.165, 1.54) is 6.07 Å². The van der Waals surface area contributed by atoms with Crippen LogP contribution in [0.2, 0.25) is 5.02 Å². The van der Waals surface area contributed by atoms with Crippen molar-refractivity contribution in [3.63, 3.8) is 0 Å². The van der Waals surface area contributed by atoms with E-state index in [1.807, 2.05) is 0 Å². The summed E-state index contributed by atoms with van der Waals surface area (Å²) in [4.78, 5) is 0. The zero-order chi connectivity index (χ0) is 14.5. The molecule has 0 aliphatic heterocycles. The van der Waals surface area contributed by atoms with Gasteiger partial charge in [0.2, 0.25) is 0 Å². The normalized spacial score (nSPS) is 11.4. The standard InChI is InChI=1S/C14H12ClFN2O2/c15-11-6-3-4-9(13(11)16)8-20-12-7-2-1-5-10(12)14(17)18-19/h1-7,19H,8H2,(H2,17,18). The van der Waals surface area contributed by atoms with Gasteiger partial charge in [0.1, 0.15) is 18.2 Å². The van der Waals surface area contributed by atoms with Crippen LogP contribution in [0.3, 0.4) is 0 Å². The number of oxime groups is 1. The molecule has 3 N–H and O–H groups in total. The van der Waals surface area contributed by atoms with Crippen LogP contribution >= 0.6 is 11.6 Å². The molecule has 104 valence electrons. The first-order valence-electron chi connectivity index (χ1n) is 5.76. The highest BCUT2D eigenvalue weighted by atomic mass is 35.5. The Kier molecular flexibility index (Phi) is 4.42. The van der Waals surface area contributed by atoms with Gasteiger partial charge in [-0.3, -0.25) is 0 Å². The van der Waals surface area contributed by atoms with Crippen LogP contribution < -0.4 is 10.5 Å². The summed E-state index contributed by atoms with van der Waals surface area (Å²) >= 11 is 5.70. The van der Waals surface area contributed by atoms with E-state index in [-0.39, 0.29) is 17.5 Å². The second kappa shape index (κ2) is 6.25. The Balaban J connectivity index is 2.21. The maximum atomic E-state index is 13.7. The van der Waals surface area contributed by atoms with Gasteiger partial charge in [0.15, 0.2) is 5.84 Å². The molecule has 0 aliphatic carbocycles. The van der Waals surface area contributed by atoms with E-state index >= 15 is 0 Å². The molecule has 0 bridgehead atoms. The molecule has 0 fully saturated rings. The van der Waals surface area contributed by atoms with Gasteiger partial charge in [0.05, 0.1) is 10.6 Å². The van der Waals surface area contributed by atoms with Gasteiger partial charge in [-0.05, 0) is 18.2 Å². The Morgan fingerprint density at radius 2 is 2.00 bits per heavy atom. The first-order valence-corrected chi connectivity index (χ1v) is 6.14. The number of amidine groups is 1. The number of hydrogen-bond donors (Lipinski definition) is 2. The number of hydrogen-bond acceptors (Lipinski definition) is 3. The Morgan fingerprint density at radius 3 is 2.75 bits per heavy atom. The number of halogens is 2. The Hall–Kier alpha value is -2.27. The predicted octanol–water partition coefficient (Wildman–Crippen LogP) is 3.15. The molecule has 2 aromatic carbocycles. The molecule has 0 aliphatic rings. The molecule has 2 aromatic rings. The van der Waals surface area contributed by atoms with E-state index in [0.29, 0.717) is 16.9 Å². The molecule has 0 radical (unpaired) electrons. The third-order valence-electron chi connectivity index (χ3n) is 2.69. The average Bonchev–Trinajstić information content (AvgIpc) is 2.48. The van der Waals surface area contributed by atoms with E-state index in [0.717, 1.165) is 0 Å². The molecule has 2 rings (SSSR count). The van der Waals surface area contributed by atoms with Crippen LogP contribution in [0.4, 0.5) is 4.39 Å². The van der Waals surface area contributed by atoms with E-state index in [2.05, 4.69) is 5.16 Å². The molecule has 20 heavy (non-hydrogen) atoms. The van der Waals surface area contributed by atoms with E-state index < -0.39 is 5.82 Å². The van der Waals surface area contributed by atoms with Gasteiger partial charge in [0, 0.05) is 5.56 Å². The Morgan fingerprint density at radius 1 is 1.25 bits per heavy atom. The summed E-state index contributed by atoms with van der Waals surface area (Å²) in [6.07, 6.45) is 0. The third-order valence-corrected chi connectivity index (χ3v) is 2.98. The molecular formula is C14H12ClFN2O2. The molecule has 0 saturated carbocycles. The van der Waals surface area contributed by atoms with Gasteiger partial charge >= 0.3 is 0 Å². The Bertz CT molecular complexity index is 647. The van der Waals surface area contributed by atoms with Crippen LogP contribution in [-0.4, -0.2) is 11.0 Å². The number of nitrogens with zero attached hydrogens (tertiary/aromatic N) is 1. The minimum Gasteiger partial charge on any atom is -0.488 e. The number of para-hydroxylation sites is 1. The van der Waals surface area contributed by atoms with Crippen LogP contribution in [0.5, 0.6) is 5.75 Å². The van der Waals surface area contributed by atoms with Gasteiger partial charge in [-0.25, -0.2) is 4.39 Å². The van der Waals surface area contributed by atoms with E-state index in [1.54, 1.807) is 36.4 Å². The van der Waals surface area contributed by atoms with Crippen molar-refractivity contribution in [2.45, 2.75) is 6.61 Å². The van der Waals surface area contributed by atoms with Crippen LogP contribution in [0.25, 0.3) is 0 Å². The van der Waals surface area contributed by atoms with Crippen molar-refractivity contribution in [1.82, 2.24) is 0 Å². The largest absolute Gasteiger partial charge is 0.488 e. The minimum absolute atomic E-state index is 0.0118. The first kappa shape index (κ1) is 14.1. The number of nitrogens with two attached hydrogens (primary N) is 1. The molecule has 0 amide bonds. The fraction of sp³-hybridized carbons (Fsp3) is 0.0714. The van der Waals surface area contributed by atoms with Crippen molar-refractivity contribution in [3.05, 3.63) is 64.4 Å². The molecular weight excluding hydrogens is 283 g/mol. The smallest absolute Gasteiger partial charge is 0.173 e. The maximum absolute atomic E-state index is 13.7. The molecule has 0 saturated heterocycles. The highest BCUT2D eigenvalue weighted by Crippen LogP contribution is 2.22. The lowest BCUT2D eigenvalue weighted by molar-refractivity contribution is 0.297. The van der Waals surface area contributed by atoms with Crippen molar-refractivity contribution in [2.24, 2.45) is 10.9 Å². The SMILES string of the molecule is N/C(=N/O)c1ccccc1OCc1cccc(Cl)c1F. The molecule has 0 unspecified atom stereocenters. The lowest BCUT2D eigenvalue weighted by Gasteiger charge is -2.11. The summed E-state index contributed by atoms with van der Waals surface area (Å²) in [5.74, 6) is -0.204. The number of rotatable bonds is 4. The van der Waals surface area contributed by atoms with Crippen LogP contribution in [0, 0.1) is 5.82 Å². The average molecular weight is 295 g/mol. The monoisotopic (exact) mass is 294 g/mol. The lowest BCUT2D eigenvalue weighted by Crippen LogP contribution is -2.14. The van der Waals surface area contributed by atoms with Crippen molar-refractivity contribution in [2.75, 3.05) is 0 Å². The van der Waals surface area contributed by atoms with Crippen molar-refractivity contribution in [1.29, 1.82) is 0 Å². The fourth-order valence-electron chi connectivity index (χ4n) is 1.67. The summed E-state index contributed by atoms with van der Waals surface area (Å²) in [5, 5.41) is 11.7.